The van der Waals surface area contributed by atoms with Gasteiger partial charge in [0.1, 0.15) is 13.2 Å². The lowest BCUT2D eigenvalue weighted by Crippen LogP contribution is -2.27. The summed E-state index contributed by atoms with van der Waals surface area (Å²) in [5, 5.41) is 3.03. The van der Waals surface area contributed by atoms with Crippen LogP contribution in [0, 0.1) is 0 Å². The smallest absolute Gasteiger partial charge is 0.231 e. The Labute approximate surface area is 152 Å². The molecule has 6 nitrogen and oxygen atoms in total. The molecular weight excluding hydrogens is 334 g/mol. The van der Waals surface area contributed by atoms with Gasteiger partial charge in [0.15, 0.2) is 23.0 Å². The Hall–Kier alpha value is -2.89. The summed E-state index contributed by atoms with van der Waals surface area (Å²) in [5.41, 5.74) is 2.04. The second kappa shape index (κ2) is 7.15. The van der Waals surface area contributed by atoms with Crippen molar-refractivity contribution >= 4 is 5.91 Å². The lowest BCUT2D eigenvalue weighted by atomic mass is 10.1. The van der Waals surface area contributed by atoms with Crippen LogP contribution in [0.15, 0.2) is 36.4 Å². The van der Waals surface area contributed by atoms with E-state index in [1.165, 1.54) is 0 Å². The molecule has 1 atom stereocenters. The van der Waals surface area contributed by atoms with E-state index in [4.69, 9.17) is 18.9 Å². The zero-order valence-corrected chi connectivity index (χ0v) is 14.6. The van der Waals surface area contributed by atoms with Crippen LogP contribution in [0.25, 0.3) is 0 Å². The molecule has 2 aromatic rings. The van der Waals surface area contributed by atoms with Gasteiger partial charge >= 0.3 is 0 Å². The van der Waals surface area contributed by atoms with Crippen LogP contribution in [0.4, 0.5) is 0 Å². The highest BCUT2D eigenvalue weighted by atomic mass is 16.7. The monoisotopic (exact) mass is 355 g/mol. The quantitative estimate of drug-likeness (QED) is 0.893. The molecule has 0 saturated carbocycles. The molecule has 0 fully saturated rings. The summed E-state index contributed by atoms with van der Waals surface area (Å²) in [6, 6.07) is 11.4. The Balaban J connectivity index is 1.33. The van der Waals surface area contributed by atoms with Gasteiger partial charge in [0.25, 0.3) is 0 Å². The van der Waals surface area contributed by atoms with Crippen molar-refractivity contribution in [3.8, 4) is 23.0 Å². The van der Waals surface area contributed by atoms with Gasteiger partial charge in [-0.3, -0.25) is 4.79 Å². The van der Waals surface area contributed by atoms with Gasteiger partial charge in [-0.15, -0.1) is 0 Å². The third-order valence-electron chi connectivity index (χ3n) is 4.52. The first kappa shape index (κ1) is 16.6. The lowest BCUT2D eigenvalue weighted by Gasteiger charge is -2.21. The first-order valence-corrected chi connectivity index (χ1v) is 8.76. The number of aryl methyl sites for hydroxylation is 1. The van der Waals surface area contributed by atoms with E-state index in [1.807, 2.05) is 43.3 Å². The molecule has 2 aromatic carbocycles. The average molecular weight is 355 g/mol. The van der Waals surface area contributed by atoms with Crippen LogP contribution in [-0.2, 0) is 11.2 Å². The summed E-state index contributed by atoms with van der Waals surface area (Å²) in [7, 11) is 0. The fourth-order valence-corrected chi connectivity index (χ4v) is 3.08. The van der Waals surface area contributed by atoms with Crippen molar-refractivity contribution in [2.45, 2.75) is 25.8 Å². The molecule has 0 spiro atoms. The van der Waals surface area contributed by atoms with Gasteiger partial charge in [0.2, 0.25) is 12.7 Å². The van der Waals surface area contributed by atoms with Crippen LogP contribution < -0.4 is 24.3 Å². The molecule has 0 unspecified atom stereocenters. The number of fused-ring (bicyclic) bond motifs is 2. The SMILES string of the molecule is C[C@H](NC(=O)CCc1ccc2c(c1)OCO2)c1ccc2c(c1)OCCO2. The van der Waals surface area contributed by atoms with Crippen molar-refractivity contribution in [1.29, 1.82) is 0 Å². The highest BCUT2D eigenvalue weighted by Gasteiger charge is 2.17. The zero-order valence-electron chi connectivity index (χ0n) is 14.6. The summed E-state index contributed by atoms with van der Waals surface area (Å²) >= 11 is 0. The maximum atomic E-state index is 12.3. The fourth-order valence-electron chi connectivity index (χ4n) is 3.08. The molecule has 6 heteroatoms. The van der Waals surface area contributed by atoms with E-state index < -0.39 is 0 Å². The minimum atomic E-state index is -0.102. The Morgan fingerprint density at radius 3 is 2.54 bits per heavy atom. The molecular formula is C20H21NO5. The highest BCUT2D eigenvalue weighted by Crippen LogP contribution is 2.33. The van der Waals surface area contributed by atoms with Gasteiger partial charge in [-0.25, -0.2) is 0 Å². The maximum absolute atomic E-state index is 12.3. The number of ether oxygens (including phenoxy) is 4. The van der Waals surface area contributed by atoms with Gasteiger partial charge in [0, 0.05) is 6.42 Å². The van der Waals surface area contributed by atoms with Crippen molar-refractivity contribution in [2.24, 2.45) is 0 Å². The molecule has 1 N–H and O–H groups in total. The van der Waals surface area contributed by atoms with E-state index in [-0.39, 0.29) is 18.7 Å². The average Bonchev–Trinajstić information content (AvgIpc) is 3.13. The van der Waals surface area contributed by atoms with Crippen molar-refractivity contribution in [2.75, 3.05) is 20.0 Å². The number of nitrogens with one attached hydrogen (secondary N) is 1. The number of carbonyl (C=O) groups is 1. The van der Waals surface area contributed by atoms with Crippen molar-refractivity contribution < 1.29 is 23.7 Å². The van der Waals surface area contributed by atoms with Gasteiger partial charge in [-0.05, 0) is 48.7 Å². The largest absolute Gasteiger partial charge is 0.486 e. The standard InChI is InChI=1S/C20H21NO5/c1-13(15-4-6-16-19(11-15)24-9-8-23-16)21-20(22)7-3-14-2-5-17-18(10-14)26-12-25-17/h2,4-6,10-11,13H,3,7-9,12H2,1H3,(H,21,22)/t13-/m0/s1. The molecule has 26 heavy (non-hydrogen) atoms. The second-order valence-corrected chi connectivity index (χ2v) is 6.38. The van der Waals surface area contributed by atoms with Gasteiger partial charge < -0.3 is 24.3 Å². The van der Waals surface area contributed by atoms with Crippen LogP contribution in [-0.4, -0.2) is 25.9 Å². The summed E-state index contributed by atoms with van der Waals surface area (Å²) in [5.74, 6) is 2.99. The van der Waals surface area contributed by atoms with Gasteiger partial charge in [0.05, 0.1) is 6.04 Å². The summed E-state index contributed by atoms with van der Waals surface area (Å²) < 4.78 is 21.8. The summed E-state index contributed by atoms with van der Waals surface area (Å²) in [6.45, 7) is 3.33. The molecule has 0 aromatic heterocycles. The molecule has 136 valence electrons. The Bertz CT molecular complexity index is 820. The van der Waals surface area contributed by atoms with Gasteiger partial charge in [-0.2, -0.15) is 0 Å². The van der Waals surface area contributed by atoms with E-state index in [0.717, 1.165) is 34.1 Å². The molecule has 2 heterocycles. The number of amides is 1. The topological polar surface area (TPSA) is 66.0 Å². The van der Waals surface area contributed by atoms with E-state index in [2.05, 4.69) is 5.32 Å². The van der Waals surface area contributed by atoms with Crippen molar-refractivity contribution in [3.63, 3.8) is 0 Å². The molecule has 0 aliphatic carbocycles. The van der Waals surface area contributed by atoms with Crippen LogP contribution in [0.5, 0.6) is 23.0 Å². The molecule has 2 aliphatic heterocycles. The Kier molecular flexibility index (Phi) is 4.56. The third kappa shape index (κ3) is 3.54. The lowest BCUT2D eigenvalue weighted by molar-refractivity contribution is -0.121. The first-order valence-electron chi connectivity index (χ1n) is 8.76. The minimum Gasteiger partial charge on any atom is -0.486 e. The highest BCUT2D eigenvalue weighted by molar-refractivity contribution is 5.76. The minimum absolute atomic E-state index is 0.00468. The molecule has 0 bridgehead atoms. The van der Waals surface area contributed by atoms with E-state index in [9.17, 15) is 4.79 Å². The van der Waals surface area contributed by atoms with Crippen molar-refractivity contribution in [3.05, 3.63) is 47.5 Å². The van der Waals surface area contributed by atoms with Crippen molar-refractivity contribution in [1.82, 2.24) is 5.32 Å². The maximum Gasteiger partial charge on any atom is 0.231 e. The molecule has 1 amide bonds. The Morgan fingerprint density at radius 1 is 0.962 bits per heavy atom. The fraction of sp³-hybridized carbons (Fsp3) is 0.350. The van der Waals surface area contributed by atoms with Crippen LogP contribution in [0.1, 0.15) is 30.5 Å². The van der Waals surface area contributed by atoms with Crippen LogP contribution >= 0.6 is 0 Å². The van der Waals surface area contributed by atoms with E-state index in [1.54, 1.807) is 0 Å². The number of carbonyl (C=O) groups excluding carboxylic acids is 1. The van der Waals surface area contributed by atoms with Crippen LogP contribution in [0.2, 0.25) is 0 Å². The second-order valence-electron chi connectivity index (χ2n) is 6.38. The summed E-state index contributed by atoms with van der Waals surface area (Å²) in [4.78, 5) is 12.3. The molecule has 0 radical (unpaired) electrons. The first-order chi connectivity index (χ1) is 12.7. The number of hydrogen-bond acceptors (Lipinski definition) is 5. The van der Waals surface area contributed by atoms with E-state index >= 15 is 0 Å². The predicted octanol–water partition coefficient (Wildman–Crippen LogP) is 3.00. The number of benzene rings is 2. The number of rotatable bonds is 5. The summed E-state index contributed by atoms with van der Waals surface area (Å²) in [6.07, 6.45) is 1.06. The third-order valence-corrected chi connectivity index (χ3v) is 4.52. The molecule has 2 aliphatic rings. The normalized spacial score (nSPS) is 15.4. The zero-order chi connectivity index (χ0) is 17.9. The predicted molar refractivity (Wildman–Crippen MR) is 94.9 cm³/mol. The Morgan fingerprint density at radius 2 is 1.65 bits per heavy atom. The molecule has 4 rings (SSSR count). The number of hydrogen-bond donors (Lipinski definition) is 1. The van der Waals surface area contributed by atoms with E-state index in [0.29, 0.717) is 26.1 Å². The van der Waals surface area contributed by atoms with Crippen LogP contribution in [0.3, 0.4) is 0 Å². The van der Waals surface area contributed by atoms with Gasteiger partial charge in [-0.1, -0.05) is 12.1 Å². The molecule has 0 saturated heterocycles.